The Kier molecular flexibility index (Phi) is 3.28. The molecular formula is C4H6F3NO4S. The summed E-state index contributed by atoms with van der Waals surface area (Å²) >= 11 is 0. The fraction of sp³-hybridized carbons (Fsp3) is 0.750. The minimum atomic E-state index is -4.81. The fourth-order valence-electron chi connectivity index (χ4n) is 0.278. The van der Waals surface area contributed by atoms with Crippen molar-refractivity contribution in [2.24, 2.45) is 5.14 Å². The summed E-state index contributed by atoms with van der Waals surface area (Å²) in [5.41, 5.74) is 0. The van der Waals surface area contributed by atoms with E-state index in [1.807, 2.05) is 0 Å². The Morgan fingerprint density at radius 3 is 2.08 bits per heavy atom. The van der Waals surface area contributed by atoms with Crippen LogP contribution in [-0.2, 0) is 14.8 Å². The van der Waals surface area contributed by atoms with Gasteiger partial charge in [0.05, 0.1) is 0 Å². The summed E-state index contributed by atoms with van der Waals surface area (Å²) in [4.78, 5) is 10.3. The van der Waals surface area contributed by atoms with E-state index >= 15 is 0 Å². The number of nitrogens with two attached hydrogens (primary N) is 1. The van der Waals surface area contributed by atoms with Crippen LogP contribution in [0.5, 0.6) is 0 Å². The lowest BCUT2D eigenvalue weighted by Crippen LogP contribution is -2.35. The molecule has 0 aliphatic carbocycles. The molecule has 1 unspecified atom stereocenters. The topological polar surface area (TPSA) is 86.5 Å². The maximum absolute atomic E-state index is 11.7. The zero-order valence-corrected chi connectivity index (χ0v) is 7.15. The molecule has 2 N–H and O–H groups in total. The molecule has 13 heavy (non-hydrogen) atoms. The lowest BCUT2D eigenvalue weighted by Gasteiger charge is -2.14. The van der Waals surface area contributed by atoms with Crippen LogP contribution in [0.1, 0.15) is 6.92 Å². The summed E-state index contributed by atoms with van der Waals surface area (Å²) in [5, 5.41) is 2.10. The number of hydrogen-bond donors (Lipinski definition) is 1. The van der Waals surface area contributed by atoms with E-state index in [1.165, 1.54) is 0 Å². The number of sulfonamides is 1. The van der Waals surface area contributed by atoms with E-state index in [9.17, 15) is 26.4 Å². The molecule has 0 heterocycles. The SMILES string of the molecule is CC(OC(=O)S(N)(=O)=O)C(F)(F)F. The second-order valence-electron chi connectivity index (χ2n) is 2.10. The molecule has 0 aromatic heterocycles. The predicted octanol–water partition coefficient (Wildman–Crippen LogP) is 0.362. The van der Waals surface area contributed by atoms with Crippen LogP contribution in [0.15, 0.2) is 0 Å². The normalized spacial score (nSPS) is 15.2. The standard InChI is InChI=1S/C4H6F3NO4S/c1-2(4(5,6)7)12-3(9)13(8,10)11/h2H,1H3,(H2,8,10,11). The van der Waals surface area contributed by atoms with E-state index in [0.29, 0.717) is 6.92 Å². The van der Waals surface area contributed by atoms with Gasteiger partial charge in [-0.3, -0.25) is 0 Å². The lowest BCUT2D eigenvalue weighted by molar-refractivity contribution is -0.195. The first-order valence-corrected chi connectivity index (χ1v) is 4.40. The summed E-state index contributed by atoms with van der Waals surface area (Å²) in [6.07, 6.45) is -7.31. The van der Waals surface area contributed by atoms with Crippen molar-refractivity contribution < 1.29 is 31.1 Å². The molecule has 0 aliphatic heterocycles. The first kappa shape index (κ1) is 12.2. The Hall–Kier alpha value is -0.830. The van der Waals surface area contributed by atoms with Gasteiger partial charge in [0.2, 0.25) is 0 Å². The van der Waals surface area contributed by atoms with Gasteiger partial charge in [0.1, 0.15) is 0 Å². The van der Waals surface area contributed by atoms with Crippen molar-refractivity contribution in [3.05, 3.63) is 0 Å². The van der Waals surface area contributed by atoms with Crippen molar-refractivity contribution >= 4 is 15.3 Å². The van der Waals surface area contributed by atoms with Gasteiger partial charge in [-0.1, -0.05) is 0 Å². The Bertz CT molecular complexity index is 295. The molecule has 0 fully saturated rings. The van der Waals surface area contributed by atoms with Crippen molar-refractivity contribution in [1.82, 2.24) is 0 Å². The molecule has 0 radical (unpaired) electrons. The van der Waals surface area contributed by atoms with Gasteiger partial charge in [-0.05, 0) is 6.92 Å². The van der Waals surface area contributed by atoms with Crippen molar-refractivity contribution in [3.63, 3.8) is 0 Å². The summed E-state index contributed by atoms with van der Waals surface area (Å²) in [6, 6.07) is 0. The highest BCUT2D eigenvalue weighted by atomic mass is 32.2. The van der Waals surface area contributed by atoms with Gasteiger partial charge < -0.3 is 4.74 Å². The largest absolute Gasteiger partial charge is 0.440 e. The quantitative estimate of drug-likeness (QED) is 0.648. The van der Waals surface area contributed by atoms with Crippen molar-refractivity contribution in [3.8, 4) is 0 Å². The number of ether oxygens (including phenoxy) is 1. The molecule has 0 amide bonds. The van der Waals surface area contributed by atoms with E-state index < -0.39 is 27.6 Å². The van der Waals surface area contributed by atoms with Crippen LogP contribution in [0.25, 0.3) is 0 Å². The Labute approximate surface area is 71.7 Å². The number of hydrogen-bond acceptors (Lipinski definition) is 4. The Morgan fingerprint density at radius 2 is 1.85 bits per heavy atom. The molecule has 0 saturated carbocycles. The molecule has 9 heteroatoms. The van der Waals surface area contributed by atoms with Gasteiger partial charge in [-0.25, -0.2) is 18.4 Å². The second-order valence-corrected chi connectivity index (χ2v) is 3.52. The summed E-state index contributed by atoms with van der Waals surface area (Å²) in [5.74, 6) is 0. The van der Waals surface area contributed by atoms with Crippen LogP contribution in [0.3, 0.4) is 0 Å². The minimum absolute atomic E-state index is 0.489. The first-order valence-electron chi connectivity index (χ1n) is 2.85. The molecule has 0 bridgehead atoms. The van der Waals surface area contributed by atoms with Crippen LogP contribution in [0.2, 0.25) is 0 Å². The maximum atomic E-state index is 11.7. The average molecular weight is 221 g/mol. The summed E-state index contributed by atoms with van der Waals surface area (Å²) in [7, 11) is -4.72. The number of rotatable bonds is 1. The van der Waals surface area contributed by atoms with E-state index in [1.54, 1.807) is 0 Å². The summed E-state index contributed by atoms with van der Waals surface area (Å²) < 4.78 is 58.8. The second kappa shape index (κ2) is 3.50. The van der Waals surface area contributed by atoms with E-state index in [2.05, 4.69) is 9.88 Å². The Balaban J connectivity index is 4.42. The number of carbonyl (C=O) groups excluding carboxylic acids is 1. The maximum Gasteiger partial charge on any atom is 0.440 e. The highest BCUT2D eigenvalue weighted by molar-refractivity contribution is 8.03. The van der Waals surface area contributed by atoms with Crippen molar-refractivity contribution in [2.75, 3.05) is 0 Å². The monoisotopic (exact) mass is 221 g/mol. The van der Waals surface area contributed by atoms with Gasteiger partial charge in [0.25, 0.3) is 0 Å². The molecule has 0 aromatic rings. The van der Waals surface area contributed by atoms with Crippen LogP contribution < -0.4 is 5.14 Å². The zero-order chi connectivity index (χ0) is 10.9. The molecule has 5 nitrogen and oxygen atoms in total. The smallest absolute Gasteiger partial charge is 0.440 e. The van der Waals surface area contributed by atoms with Gasteiger partial charge in [0.15, 0.2) is 6.10 Å². The van der Waals surface area contributed by atoms with E-state index in [4.69, 9.17) is 0 Å². The lowest BCUT2D eigenvalue weighted by atomic mass is 10.4. The molecule has 0 spiro atoms. The van der Waals surface area contributed by atoms with E-state index in [0.717, 1.165) is 0 Å². The third-order valence-corrected chi connectivity index (χ3v) is 1.53. The number of primary sulfonamides is 1. The average Bonchev–Trinajstić information content (AvgIpc) is 1.82. The molecule has 0 aromatic carbocycles. The third-order valence-electron chi connectivity index (χ3n) is 0.966. The van der Waals surface area contributed by atoms with Gasteiger partial charge in [0, 0.05) is 0 Å². The van der Waals surface area contributed by atoms with Gasteiger partial charge in [-0.2, -0.15) is 13.2 Å². The molecule has 1 atom stereocenters. The Morgan fingerprint density at radius 1 is 1.46 bits per heavy atom. The molecule has 0 rings (SSSR count). The highest BCUT2D eigenvalue weighted by Crippen LogP contribution is 2.22. The third kappa shape index (κ3) is 4.08. The number of carbonyl (C=O) groups is 1. The minimum Gasteiger partial charge on any atom is -0.440 e. The molecule has 0 aliphatic rings. The van der Waals surface area contributed by atoms with Crippen molar-refractivity contribution in [1.29, 1.82) is 0 Å². The van der Waals surface area contributed by atoms with Gasteiger partial charge in [-0.15, -0.1) is 0 Å². The predicted molar refractivity (Wildman–Crippen MR) is 35.1 cm³/mol. The zero-order valence-electron chi connectivity index (χ0n) is 6.33. The fourth-order valence-corrected chi connectivity index (χ4v) is 0.557. The first-order chi connectivity index (χ1) is 5.55. The molecule has 0 saturated heterocycles. The number of halogens is 3. The van der Waals surface area contributed by atoms with Crippen LogP contribution in [0, 0.1) is 0 Å². The van der Waals surface area contributed by atoms with E-state index in [-0.39, 0.29) is 0 Å². The van der Waals surface area contributed by atoms with Crippen LogP contribution in [-0.4, -0.2) is 26.0 Å². The van der Waals surface area contributed by atoms with Gasteiger partial charge >= 0.3 is 21.5 Å². The van der Waals surface area contributed by atoms with Crippen molar-refractivity contribution in [2.45, 2.75) is 19.2 Å². The molecule has 78 valence electrons. The summed E-state index contributed by atoms with van der Waals surface area (Å²) in [6.45, 7) is 0.489. The number of alkyl halides is 3. The molecular weight excluding hydrogens is 215 g/mol. The highest BCUT2D eigenvalue weighted by Gasteiger charge is 2.40. The van der Waals surface area contributed by atoms with Crippen LogP contribution >= 0.6 is 0 Å². The van der Waals surface area contributed by atoms with Crippen LogP contribution in [0.4, 0.5) is 18.0 Å².